The lowest BCUT2D eigenvalue weighted by Crippen LogP contribution is -2.34. The van der Waals surface area contributed by atoms with Crippen LogP contribution < -0.4 is 5.32 Å². The van der Waals surface area contributed by atoms with Crippen LogP contribution in [0, 0.1) is 0 Å². The molecule has 8 heteroatoms. The number of alkyl halides is 3. The Morgan fingerprint density at radius 1 is 1.42 bits per heavy atom. The fourth-order valence-corrected chi connectivity index (χ4v) is 2.60. The Balaban J connectivity index is 2.24. The van der Waals surface area contributed by atoms with E-state index in [1.807, 2.05) is 0 Å². The molecule has 106 valence electrons. The first-order valence-electron chi connectivity index (χ1n) is 5.91. The first-order valence-corrected chi connectivity index (χ1v) is 6.29. The van der Waals surface area contributed by atoms with Gasteiger partial charge in [0.25, 0.3) is 5.91 Å². The van der Waals surface area contributed by atoms with Gasteiger partial charge in [-0.3, -0.25) is 9.48 Å². The molecule has 2 rings (SSSR count). The number of aromatic nitrogens is 2. The number of hydrogen-bond acceptors (Lipinski definition) is 2. The Hall–Kier alpha value is -1.24. The first-order chi connectivity index (χ1) is 8.80. The van der Waals surface area contributed by atoms with Gasteiger partial charge in [0.05, 0.1) is 0 Å². The van der Waals surface area contributed by atoms with Gasteiger partial charge in [-0.05, 0) is 12.8 Å². The Kier molecular flexibility index (Phi) is 3.75. The van der Waals surface area contributed by atoms with E-state index < -0.39 is 22.8 Å². The van der Waals surface area contributed by atoms with Gasteiger partial charge in [0.15, 0.2) is 5.69 Å². The molecule has 1 aliphatic carbocycles. The molecular weight excluding hydrogens is 283 g/mol. The summed E-state index contributed by atoms with van der Waals surface area (Å²) in [6.07, 6.45) is -0.961. The van der Waals surface area contributed by atoms with Crippen molar-refractivity contribution in [2.45, 2.75) is 37.9 Å². The topological polar surface area (TPSA) is 46.9 Å². The van der Waals surface area contributed by atoms with Gasteiger partial charge in [-0.1, -0.05) is 24.4 Å². The van der Waals surface area contributed by atoms with Gasteiger partial charge in [0.1, 0.15) is 10.7 Å². The Bertz CT molecular complexity index is 492. The highest BCUT2D eigenvalue weighted by atomic mass is 35.5. The number of carbonyl (C=O) groups excluding carboxylic acids is 1. The first kappa shape index (κ1) is 14.2. The van der Waals surface area contributed by atoms with Gasteiger partial charge in [-0.15, -0.1) is 0 Å². The molecule has 0 atom stereocenters. The molecule has 1 fully saturated rings. The smallest absolute Gasteiger partial charge is 0.348 e. The molecule has 0 aromatic carbocycles. The number of carbonyl (C=O) groups is 1. The molecule has 0 spiro atoms. The second-order valence-electron chi connectivity index (χ2n) is 4.59. The normalized spacial score (nSPS) is 16.9. The molecule has 1 N–H and O–H groups in total. The van der Waals surface area contributed by atoms with Crippen molar-refractivity contribution in [2.75, 3.05) is 0 Å². The number of nitrogens with one attached hydrogen (secondary N) is 1. The summed E-state index contributed by atoms with van der Waals surface area (Å²) in [5.41, 5.74) is -1.48. The highest BCUT2D eigenvalue weighted by molar-refractivity contribution is 6.34. The number of nitrogens with zero attached hydrogens (tertiary/aromatic N) is 2. The van der Waals surface area contributed by atoms with Crippen LogP contribution in [0.5, 0.6) is 0 Å². The minimum absolute atomic E-state index is 0.00723. The van der Waals surface area contributed by atoms with E-state index in [1.54, 1.807) is 0 Å². The largest absolute Gasteiger partial charge is 0.436 e. The summed E-state index contributed by atoms with van der Waals surface area (Å²) in [6.45, 7) is 0. The van der Waals surface area contributed by atoms with E-state index in [1.165, 1.54) is 7.05 Å². The van der Waals surface area contributed by atoms with Gasteiger partial charge in [0.2, 0.25) is 0 Å². The van der Waals surface area contributed by atoms with E-state index in [9.17, 15) is 18.0 Å². The predicted octanol–water partition coefficient (Wildman–Crippen LogP) is 2.76. The lowest BCUT2D eigenvalue weighted by molar-refractivity contribution is -0.141. The van der Waals surface area contributed by atoms with Crippen LogP contribution >= 0.6 is 11.6 Å². The molecule has 0 saturated heterocycles. The standard InChI is InChI=1S/C11H13ClF3N3O/c1-18-8(7(12)9(17-18)11(13,14)15)10(19)16-6-4-2-3-5-6/h6H,2-5H2,1H3,(H,16,19). The zero-order chi connectivity index (χ0) is 14.2. The third kappa shape index (κ3) is 2.86. The third-order valence-electron chi connectivity index (χ3n) is 3.16. The summed E-state index contributed by atoms with van der Waals surface area (Å²) in [4.78, 5) is 12.0. The molecule has 0 aliphatic heterocycles. The van der Waals surface area contributed by atoms with Crippen LogP contribution in [0.4, 0.5) is 13.2 Å². The molecule has 1 saturated carbocycles. The monoisotopic (exact) mass is 295 g/mol. The molecule has 0 radical (unpaired) electrons. The van der Waals surface area contributed by atoms with E-state index in [4.69, 9.17) is 11.6 Å². The molecule has 1 amide bonds. The number of amides is 1. The maximum atomic E-state index is 12.6. The fourth-order valence-electron chi connectivity index (χ4n) is 2.25. The van der Waals surface area contributed by atoms with Crippen molar-refractivity contribution in [1.82, 2.24) is 15.1 Å². The molecule has 19 heavy (non-hydrogen) atoms. The second-order valence-corrected chi connectivity index (χ2v) is 4.97. The van der Waals surface area contributed by atoms with Crippen molar-refractivity contribution < 1.29 is 18.0 Å². The van der Waals surface area contributed by atoms with Crippen molar-refractivity contribution in [3.8, 4) is 0 Å². The highest BCUT2D eigenvalue weighted by Crippen LogP contribution is 2.35. The lowest BCUT2D eigenvalue weighted by Gasteiger charge is -2.11. The zero-order valence-corrected chi connectivity index (χ0v) is 11.0. The van der Waals surface area contributed by atoms with Crippen molar-refractivity contribution in [1.29, 1.82) is 0 Å². The Labute approximate surface area is 112 Å². The highest BCUT2D eigenvalue weighted by Gasteiger charge is 2.39. The van der Waals surface area contributed by atoms with Crippen LogP contribution in [0.25, 0.3) is 0 Å². The summed E-state index contributed by atoms with van der Waals surface area (Å²) in [7, 11) is 1.27. The quantitative estimate of drug-likeness (QED) is 0.912. The summed E-state index contributed by atoms with van der Waals surface area (Å²) < 4.78 is 38.7. The molecule has 1 heterocycles. The number of rotatable bonds is 2. The van der Waals surface area contributed by atoms with Crippen LogP contribution in [0.3, 0.4) is 0 Å². The maximum absolute atomic E-state index is 12.6. The van der Waals surface area contributed by atoms with E-state index in [0.717, 1.165) is 30.4 Å². The summed E-state index contributed by atoms with van der Waals surface area (Å²) in [5, 5.41) is 5.32. The summed E-state index contributed by atoms with van der Waals surface area (Å²) in [5.74, 6) is -0.609. The van der Waals surface area contributed by atoms with Crippen molar-refractivity contribution in [3.63, 3.8) is 0 Å². The Morgan fingerprint density at radius 3 is 2.47 bits per heavy atom. The predicted molar refractivity (Wildman–Crippen MR) is 62.9 cm³/mol. The van der Waals surface area contributed by atoms with Crippen molar-refractivity contribution in [3.05, 3.63) is 16.4 Å². The third-order valence-corrected chi connectivity index (χ3v) is 3.52. The average Bonchev–Trinajstić information content (AvgIpc) is 2.85. The zero-order valence-electron chi connectivity index (χ0n) is 10.2. The molecule has 1 aromatic heterocycles. The molecule has 0 bridgehead atoms. The maximum Gasteiger partial charge on any atom is 0.436 e. The van der Waals surface area contributed by atoms with Crippen LogP contribution in [0.15, 0.2) is 0 Å². The average molecular weight is 296 g/mol. The number of halogens is 4. The minimum atomic E-state index is -4.67. The van der Waals surface area contributed by atoms with E-state index in [2.05, 4.69) is 10.4 Å². The van der Waals surface area contributed by atoms with Crippen LogP contribution in [-0.2, 0) is 13.2 Å². The van der Waals surface area contributed by atoms with E-state index in [-0.39, 0.29) is 11.7 Å². The van der Waals surface area contributed by atoms with E-state index in [0.29, 0.717) is 0 Å². The molecule has 4 nitrogen and oxygen atoms in total. The lowest BCUT2D eigenvalue weighted by atomic mass is 10.2. The summed E-state index contributed by atoms with van der Waals surface area (Å²) >= 11 is 5.63. The number of aryl methyl sites for hydroxylation is 1. The number of hydrogen-bond donors (Lipinski definition) is 1. The van der Waals surface area contributed by atoms with Crippen molar-refractivity contribution in [2.24, 2.45) is 7.05 Å². The van der Waals surface area contributed by atoms with Crippen LogP contribution in [0.1, 0.15) is 41.9 Å². The SMILES string of the molecule is Cn1nc(C(F)(F)F)c(Cl)c1C(=O)NC1CCCC1. The van der Waals surface area contributed by atoms with Gasteiger partial charge < -0.3 is 5.32 Å². The molecule has 1 aliphatic rings. The van der Waals surface area contributed by atoms with Crippen molar-refractivity contribution >= 4 is 17.5 Å². The molecular formula is C11H13ClF3N3O. The molecule has 1 aromatic rings. The minimum Gasteiger partial charge on any atom is -0.348 e. The van der Waals surface area contributed by atoms with Gasteiger partial charge in [-0.2, -0.15) is 18.3 Å². The van der Waals surface area contributed by atoms with Gasteiger partial charge in [0, 0.05) is 13.1 Å². The van der Waals surface area contributed by atoms with Crippen LogP contribution in [-0.4, -0.2) is 21.7 Å². The molecule has 0 unspecified atom stereocenters. The Morgan fingerprint density at radius 2 is 2.00 bits per heavy atom. The van der Waals surface area contributed by atoms with Crippen LogP contribution in [0.2, 0.25) is 5.02 Å². The van der Waals surface area contributed by atoms with Gasteiger partial charge >= 0.3 is 6.18 Å². The summed E-state index contributed by atoms with van der Waals surface area (Å²) in [6, 6.07) is 0.00723. The second kappa shape index (κ2) is 5.03. The van der Waals surface area contributed by atoms with E-state index >= 15 is 0 Å². The van der Waals surface area contributed by atoms with Gasteiger partial charge in [-0.25, -0.2) is 0 Å². The fraction of sp³-hybridized carbons (Fsp3) is 0.636.